The molecule has 0 aliphatic heterocycles. The number of hydrogen-bond acceptors (Lipinski definition) is 4. The second-order valence-electron chi connectivity index (χ2n) is 4.40. The Morgan fingerprint density at radius 1 is 1.19 bits per heavy atom. The molecule has 21 heavy (non-hydrogen) atoms. The molecule has 110 valence electrons. The lowest BCUT2D eigenvalue weighted by Crippen LogP contribution is -2.07. The third kappa shape index (κ3) is 3.52. The SMILES string of the molecule is COC(=O)c1cc(Oc2cc(F)cc(Br)c2)cc(C)c1N. The number of carbonyl (C=O) groups excluding carboxylic acids is 1. The van der Waals surface area contributed by atoms with Gasteiger partial charge in [-0.2, -0.15) is 0 Å². The maximum Gasteiger partial charge on any atom is 0.340 e. The zero-order chi connectivity index (χ0) is 15.6. The number of carbonyl (C=O) groups is 1. The van der Waals surface area contributed by atoms with E-state index in [0.717, 1.165) is 0 Å². The van der Waals surface area contributed by atoms with Crippen LogP contribution in [0.4, 0.5) is 10.1 Å². The Morgan fingerprint density at radius 2 is 1.86 bits per heavy atom. The molecule has 0 amide bonds. The van der Waals surface area contributed by atoms with Crippen molar-refractivity contribution in [3.05, 3.63) is 51.7 Å². The minimum atomic E-state index is -0.554. The molecule has 0 unspecified atom stereocenters. The molecular weight excluding hydrogens is 341 g/mol. The number of halogens is 2. The van der Waals surface area contributed by atoms with Gasteiger partial charge in [0.2, 0.25) is 0 Å². The molecule has 2 rings (SSSR count). The second-order valence-corrected chi connectivity index (χ2v) is 5.32. The van der Waals surface area contributed by atoms with Gasteiger partial charge in [-0.3, -0.25) is 0 Å². The molecule has 2 aromatic rings. The van der Waals surface area contributed by atoms with Crippen molar-refractivity contribution >= 4 is 27.6 Å². The van der Waals surface area contributed by atoms with Crippen molar-refractivity contribution in [2.75, 3.05) is 12.8 Å². The Bertz CT molecular complexity index is 683. The quantitative estimate of drug-likeness (QED) is 0.667. The van der Waals surface area contributed by atoms with Crippen molar-refractivity contribution in [2.24, 2.45) is 0 Å². The number of benzene rings is 2. The number of ether oxygens (including phenoxy) is 2. The third-order valence-corrected chi connectivity index (χ3v) is 3.30. The molecule has 0 saturated heterocycles. The van der Waals surface area contributed by atoms with Crippen LogP contribution in [0.3, 0.4) is 0 Å². The van der Waals surface area contributed by atoms with Crippen LogP contribution in [-0.2, 0) is 4.74 Å². The van der Waals surface area contributed by atoms with Gasteiger partial charge in [-0.1, -0.05) is 15.9 Å². The van der Waals surface area contributed by atoms with Crippen LogP contribution in [0.25, 0.3) is 0 Å². The average molecular weight is 354 g/mol. The van der Waals surface area contributed by atoms with Gasteiger partial charge in [-0.25, -0.2) is 9.18 Å². The fourth-order valence-electron chi connectivity index (χ4n) is 1.83. The van der Waals surface area contributed by atoms with Gasteiger partial charge in [0.15, 0.2) is 0 Å². The number of rotatable bonds is 3. The number of anilines is 1. The van der Waals surface area contributed by atoms with Crippen LogP contribution in [0, 0.1) is 12.7 Å². The smallest absolute Gasteiger partial charge is 0.340 e. The highest BCUT2D eigenvalue weighted by Gasteiger charge is 2.14. The molecule has 2 N–H and O–H groups in total. The van der Waals surface area contributed by atoms with E-state index in [-0.39, 0.29) is 5.56 Å². The number of aryl methyl sites for hydroxylation is 1. The van der Waals surface area contributed by atoms with Crippen molar-refractivity contribution in [3.8, 4) is 11.5 Å². The predicted molar refractivity (Wildman–Crippen MR) is 81.1 cm³/mol. The van der Waals surface area contributed by atoms with E-state index in [0.29, 0.717) is 27.2 Å². The van der Waals surface area contributed by atoms with Gasteiger partial charge in [0.05, 0.1) is 12.7 Å². The van der Waals surface area contributed by atoms with E-state index in [1.807, 2.05) is 0 Å². The Hall–Kier alpha value is -2.08. The lowest BCUT2D eigenvalue weighted by atomic mass is 10.1. The highest BCUT2D eigenvalue weighted by atomic mass is 79.9. The number of esters is 1. The van der Waals surface area contributed by atoms with Crippen LogP contribution in [-0.4, -0.2) is 13.1 Å². The van der Waals surface area contributed by atoms with Crippen LogP contribution in [0.5, 0.6) is 11.5 Å². The van der Waals surface area contributed by atoms with Gasteiger partial charge in [-0.05, 0) is 36.8 Å². The lowest BCUT2D eigenvalue weighted by molar-refractivity contribution is 0.0601. The first-order valence-corrected chi connectivity index (χ1v) is 6.82. The zero-order valence-electron chi connectivity index (χ0n) is 11.4. The third-order valence-electron chi connectivity index (χ3n) is 2.84. The maximum absolute atomic E-state index is 13.3. The predicted octanol–water partition coefficient (Wildman–Crippen LogP) is 4.06. The number of hydrogen-bond donors (Lipinski definition) is 1. The summed E-state index contributed by atoms with van der Waals surface area (Å²) in [5, 5.41) is 0. The van der Waals surface area contributed by atoms with Crippen molar-refractivity contribution in [1.29, 1.82) is 0 Å². The molecule has 0 aliphatic rings. The minimum absolute atomic E-state index is 0.211. The minimum Gasteiger partial charge on any atom is -0.465 e. The molecule has 0 radical (unpaired) electrons. The molecule has 0 saturated carbocycles. The van der Waals surface area contributed by atoms with Crippen molar-refractivity contribution in [1.82, 2.24) is 0 Å². The molecule has 0 bridgehead atoms. The Morgan fingerprint density at radius 3 is 2.48 bits per heavy atom. The molecule has 0 heterocycles. The Labute approximate surface area is 129 Å². The van der Waals surface area contributed by atoms with Crippen LogP contribution >= 0.6 is 15.9 Å². The van der Waals surface area contributed by atoms with Gasteiger partial charge in [0.1, 0.15) is 17.3 Å². The van der Waals surface area contributed by atoms with Gasteiger partial charge < -0.3 is 15.2 Å². The fourth-order valence-corrected chi connectivity index (χ4v) is 2.27. The van der Waals surface area contributed by atoms with Crippen LogP contribution in [0.2, 0.25) is 0 Å². The maximum atomic E-state index is 13.3. The lowest BCUT2D eigenvalue weighted by Gasteiger charge is -2.12. The fraction of sp³-hybridized carbons (Fsp3) is 0.133. The van der Waals surface area contributed by atoms with Gasteiger partial charge in [-0.15, -0.1) is 0 Å². The number of nitrogens with two attached hydrogens (primary N) is 1. The first-order chi connectivity index (χ1) is 9.90. The Balaban J connectivity index is 2.40. The highest BCUT2D eigenvalue weighted by molar-refractivity contribution is 9.10. The first kappa shape index (κ1) is 15.3. The monoisotopic (exact) mass is 353 g/mol. The summed E-state index contributed by atoms with van der Waals surface area (Å²) in [6, 6.07) is 7.31. The molecule has 0 aromatic heterocycles. The van der Waals surface area contributed by atoms with E-state index in [1.165, 1.54) is 25.3 Å². The second kappa shape index (κ2) is 6.13. The van der Waals surface area contributed by atoms with E-state index >= 15 is 0 Å². The van der Waals surface area contributed by atoms with E-state index in [1.54, 1.807) is 19.1 Å². The molecule has 2 aromatic carbocycles. The molecule has 0 atom stereocenters. The highest BCUT2D eigenvalue weighted by Crippen LogP contribution is 2.30. The van der Waals surface area contributed by atoms with Gasteiger partial charge in [0.25, 0.3) is 0 Å². The van der Waals surface area contributed by atoms with E-state index in [2.05, 4.69) is 20.7 Å². The van der Waals surface area contributed by atoms with Crippen LogP contribution < -0.4 is 10.5 Å². The van der Waals surface area contributed by atoms with Gasteiger partial charge >= 0.3 is 5.97 Å². The number of methoxy groups -OCH3 is 1. The summed E-state index contributed by atoms with van der Waals surface area (Å²) in [6.45, 7) is 1.75. The zero-order valence-corrected chi connectivity index (χ0v) is 13.0. The molecule has 0 spiro atoms. The summed E-state index contributed by atoms with van der Waals surface area (Å²) in [5.41, 5.74) is 7.05. The summed E-state index contributed by atoms with van der Waals surface area (Å²) < 4.78 is 24.1. The summed E-state index contributed by atoms with van der Waals surface area (Å²) in [5.74, 6) is -0.303. The first-order valence-electron chi connectivity index (χ1n) is 6.03. The van der Waals surface area contributed by atoms with E-state index < -0.39 is 11.8 Å². The number of nitrogen functional groups attached to an aromatic ring is 1. The molecular formula is C15H13BrFNO3. The largest absolute Gasteiger partial charge is 0.465 e. The van der Waals surface area contributed by atoms with Gasteiger partial charge in [0, 0.05) is 16.2 Å². The normalized spacial score (nSPS) is 10.3. The van der Waals surface area contributed by atoms with E-state index in [9.17, 15) is 9.18 Å². The van der Waals surface area contributed by atoms with Crippen LogP contribution in [0.15, 0.2) is 34.8 Å². The van der Waals surface area contributed by atoms with Crippen molar-refractivity contribution < 1.29 is 18.7 Å². The van der Waals surface area contributed by atoms with E-state index in [4.69, 9.17) is 10.5 Å². The topological polar surface area (TPSA) is 61.5 Å². The van der Waals surface area contributed by atoms with Crippen molar-refractivity contribution in [3.63, 3.8) is 0 Å². The summed E-state index contributed by atoms with van der Waals surface area (Å²) in [7, 11) is 1.27. The Kier molecular flexibility index (Phi) is 4.47. The summed E-state index contributed by atoms with van der Waals surface area (Å²) in [6.07, 6.45) is 0. The summed E-state index contributed by atoms with van der Waals surface area (Å²) >= 11 is 3.19. The summed E-state index contributed by atoms with van der Waals surface area (Å²) in [4.78, 5) is 11.7. The van der Waals surface area contributed by atoms with Crippen molar-refractivity contribution in [2.45, 2.75) is 6.92 Å². The molecule has 0 aliphatic carbocycles. The molecule has 6 heteroatoms. The average Bonchev–Trinajstić information content (AvgIpc) is 2.40. The molecule has 4 nitrogen and oxygen atoms in total. The van der Waals surface area contributed by atoms with Crippen LogP contribution in [0.1, 0.15) is 15.9 Å². The standard InChI is InChI=1S/C15H13BrFNO3/c1-8-3-11(7-13(14(8)18)15(19)20-2)21-12-5-9(16)4-10(17)6-12/h3-7H,18H2,1-2H3. The molecule has 0 fully saturated rings.